The fourth-order valence-electron chi connectivity index (χ4n) is 3.82. The minimum atomic E-state index is -0.454. The summed E-state index contributed by atoms with van der Waals surface area (Å²) in [5, 5.41) is 2.88. The summed E-state index contributed by atoms with van der Waals surface area (Å²) in [6.45, 7) is 3.67. The zero-order chi connectivity index (χ0) is 24.1. The maximum Gasteiger partial charge on any atom is 0.329 e. The number of nitrogens with one attached hydrogen (secondary N) is 2. The van der Waals surface area contributed by atoms with E-state index in [-0.39, 0.29) is 11.8 Å². The summed E-state index contributed by atoms with van der Waals surface area (Å²) in [6, 6.07) is 21.7. The van der Waals surface area contributed by atoms with Gasteiger partial charge in [0, 0.05) is 35.8 Å². The fourth-order valence-corrected chi connectivity index (χ4v) is 3.82. The molecule has 2 amide bonds. The van der Waals surface area contributed by atoms with E-state index in [4.69, 9.17) is 4.84 Å². The molecule has 0 saturated carbocycles. The Hall–Kier alpha value is -4.39. The summed E-state index contributed by atoms with van der Waals surface area (Å²) >= 11 is 0. The van der Waals surface area contributed by atoms with Crippen molar-refractivity contribution in [2.24, 2.45) is 0 Å². The van der Waals surface area contributed by atoms with Gasteiger partial charge in [0.05, 0.1) is 11.4 Å². The molecule has 4 rings (SSSR count). The van der Waals surface area contributed by atoms with E-state index in [1.165, 1.54) is 6.92 Å². The predicted molar refractivity (Wildman–Crippen MR) is 131 cm³/mol. The second-order valence-corrected chi connectivity index (χ2v) is 7.92. The number of nitrogens with zero attached hydrogens (tertiary/aromatic N) is 1. The van der Waals surface area contributed by atoms with E-state index in [1.807, 2.05) is 55.5 Å². The first kappa shape index (κ1) is 22.8. The molecule has 1 heterocycles. The van der Waals surface area contributed by atoms with Crippen LogP contribution in [0.15, 0.2) is 78.9 Å². The van der Waals surface area contributed by atoms with Crippen molar-refractivity contribution >= 4 is 34.9 Å². The number of hydrogen-bond donors (Lipinski definition) is 2. The van der Waals surface area contributed by atoms with Crippen molar-refractivity contribution in [3.8, 4) is 0 Å². The van der Waals surface area contributed by atoms with Gasteiger partial charge >= 0.3 is 5.97 Å². The van der Waals surface area contributed by atoms with Crippen LogP contribution in [0.1, 0.15) is 45.2 Å². The monoisotopic (exact) mass is 455 g/mol. The first-order chi connectivity index (χ1) is 16.4. The van der Waals surface area contributed by atoms with Crippen LogP contribution in [0.4, 0.5) is 11.4 Å². The summed E-state index contributed by atoms with van der Waals surface area (Å²) in [5.41, 5.74) is 7.41. The Bertz CT molecular complexity index is 1260. The molecule has 0 fully saturated rings. The van der Waals surface area contributed by atoms with Crippen LogP contribution in [0.2, 0.25) is 0 Å². The summed E-state index contributed by atoms with van der Waals surface area (Å²) in [6.07, 6.45) is 2.48. The minimum absolute atomic E-state index is 0.161. The van der Waals surface area contributed by atoms with Crippen molar-refractivity contribution in [2.75, 3.05) is 16.8 Å². The Morgan fingerprint density at radius 2 is 1.62 bits per heavy atom. The van der Waals surface area contributed by atoms with Gasteiger partial charge in [0.2, 0.25) is 0 Å². The largest absolute Gasteiger partial charge is 0.344 e. The van der Waals surface area contributed by atoms with E-state index in [2.05, 4.69) is 10.8 Å². The SMILES string of the molecule is CC(=O)ONC1=CCCN(C(=O)c2ccc(NC(=O)c3ccccc3C)cc2)c2ccccc21. The zero-order valence-corrected chi connectivity index (χ0v) is 19.0. The van der Waals surface area contributed by atoms with Crippen molar-refractivity contribution in [3.63, 3.8) is 0 Å². The quantitative estimate of drug-likeness (QED) is 0.544. The number of amides is 2. The molecule has 3 aromatic rings. The highest BCUT2D eigenvalue weighted by Gasteiger charge is 2.24. The van der Waals surface area contributed by atoms with Gasteiger partial charge in [-0.15, -0.1) is 0 Å². The molecule has 0 spiro atoms. The lowest BCUT2D eigenvalue weighted by molar-refractivity contribution is -0.145. The van der Waals surface area contributed by atoms with Gasteiger partial charge in [0.15, 0.2) is 0 Å². The van der Waals surface area contributed by atoms with Crippen LogP contribution >= 0.6 is 0 Å². The van der Waals surface area contributed by atoms with Crippen LogP contribution in [0, 0.1) is 6.92 Å². The average molecular weight is 456 g/mol. The summed E-state index contributed by atoms with van der Waals surface area (Å²) in [7, 11) is 0. The minimum Gasteiger partial charge on any atom is -0.344 e. The second kappa shape index (κ2) is 10.0. The maximum atomic E-state index is 13.4. The van der Waals surface area contributed by atoms with Crippen molar-refractivity contribution in [1.82, 2.24) is 5.48 Å². The van der Waals surface area contributed by atoms with Crippen molar-refractivity contribution < 1.29 is 19.2 Å². The van der Waals surface area contributed by atoms with Gasteiger partial charge in [-0.3, -0.25) is 14.4 Å². The normalized spacial score (nSPS) is 12.6. The number of carbonyl (C=O) groups excluding carboxylic acids is 3. The lowest BCUT2D eigenvalue weighted by atomic mass is 10.1. The van der Waals surface area contributed by atoms with E-state index in [1.54, 1.807) is 35.2 Å². The van der Waals surface area contributed by atoms with E-state index >= 15 is 0 Å². The van der Waals surface area contributed by atoms with E-state index in [0.29, 0.717) is 41.2 Å². The Morgan fingerprint density at radius 3 is 2.35 bits per heavy atom. The third-order valence-electron chi connectivity index (χ3n) is 5.52. The van der Waals surface area contributed by atoms with Crippen molar-refractivity contribution in [2.45, 2.75) is 20.3 Å². The molecule has 172 valence electrons. The summed E-state index contributed by atoms with van der Waals surface area (Å²) < 4.78 is 0. The van der Waals surface area contributed by atoms with Gasteiger partial charge in [-0.25, -0.2) is 5.48 Å². The molecule has 7 heteroatoms. The molecule has 7 nitrogen and oxygen atoms in total. The smallest absolute Gasteiger partial charge is 0.329 e. The molecule has 34 heavy (non-hydrogen) atoms. The molecular formula is C27H25N3O4. The molecule has 0 radical (unpaired) electrons. The number of carbonyl (C=O) groups is 3. The van der Waals surface area contributed by atoms with Crippen LogP contribution in [0.25, 0.3) is 5.70 Å². The zero-order valence-electron chi connectivity index (χ0n) is 19.0. The molecule has 0 bridgehead atoms. The number of benzene rings is 3. The maximum absolute atomic E-state index is 13.4. The third kappa shape index (κ3) is 4.99. The Kier molecular flexibility index (Phi) is 6.73. The molecular weight excluding hydrogens is 430 g/mol. The van der Waals surface area contributed by atoms with Gasteiger partial charge in [-0.2, -0.15) is 0 Å². The standard InChI is InChI=1S/C27H25N3O4/c1-18-8-3-4-9-22(18)26(32)28-21-15-13-20(14-16-21)27(33)30-17-7-11-24(29-34-19(2)31)23-10-5-6-12-25(23)30/h3-6,8-16,29H,7,17H2,1-2H3,(H,28,32). The van der Waals surface area contributed by atoms with E-state index in [9.17, 15) is 14.4 Å². The molecule has 3 aromatic carbocycles. The van der Waals surface area contributed by atoms with Crippen LogP contribution in [0.3, 0.4) is 0 Å². The second-order valence-electron chi connectivity index (χ2n) is 7.92. The van der Waals surface area contributed by atoms with Crippen LogP contribution in [0.5, 0.6) is 0 Å². The highest BCUT2D eigenvalue weighted by Crippen LogP contribution is 2.30. The Balaban J connectivity index is 1.52. The number of hydrogen-bond acceptors (Lipinski definition) is 5. The summed E-state index contributed by atoms with van der Waals surface area (Å²) in [5.74, 6) is -0.811. The topological polar surface area (TPSA) is 87.7 Å². The van der Waals surface area contributed by atoms with Crippen molar-refractivity contribution in [3.05, 3.63) is 101 Å². The van der Waals surface area contributed by atoms with Gasteiger partial charge in [-0.05, 0) is 55.3 Å². The number of anilines is 2. The third-order valence-corrected chi connectivity index (χ3v) is 5.52. The number of rotatable bonds is 5. The molecule has 0 unspecified atom stereocenters. The van der Waals surface area contributed by atoms with Crippen molar-refractivity contribution in [1.29, 1.82) is 0 Å². The molecule has 0 atom stereocenters. The fraction of sp³-hybridized carbons (Fsp3) is 0.148. The van der Waals surface area contributed by atoms with Gasteiger partial charge < -0.3 is 15.1 Å². The highest BCUT2D eigenvalue weighted by molar-refractivity contribution is 6.09. The van der Waals surface area contributed by atoms with E-state index < -0.39 is 5.97 Å². The summed E-state index contributed by atoms with van der Waals surface area (Å²) in [4.78, 5) is 43.9. The molecule has 0 saturated heterocycles. The average Bonchev–Trinajstić information content (AvgIpc) is 3.02. The van der Waals surface area contributed by atoms with Crippen LogP contribution in [-0.2, 0) is 9.63 Å². The Labute approximate surface area is 198 Å². The van der Waals surface area contributed by atoms with Gasteiger partial charge in [0.25, 0.3) is 11.8 Å². The molecule has 1 aliphatic heterocycles. The van der Waals surface area contributed by atoms with Gasteiger partial charge in [0.1, 0.15) is 0 Å². The van der Waals surface area contributed by atoms with Crippen LogP contribution in [-0.4, -0.2) is 24.3 Å². The number of fused-ring (bicyclic) bond motifs is 1. The number of hydroxylamine groups is 1. The highest BCUT2D eigenvalue weighted by atomic mass is 16.7. The first-order valence-corrected chi connectivity index (χ1v) is 11.0. The van der Waals surface area contributed by atoms with E-state index in [0.717, 1.165) is 11.1 Å². The predicted octanol–water partition coefficient (Wildman–Crippen LogP) is 4.71. The Morgan fingerprint density at radius 1 is 0.912 bits per heavy atom. The number of aryl methyl sites for hydroxylation is 1. The molecule has 0 aliphatic carbocycles. The molecule has 2 N–H and O–H groups in total. The van der Waals surface area contributed by atoms with Gasteiger partial charge in [-0.1, -0.05) is 42.5 Å². The van der Waals surface area contributed by atoms with Crippen LogP contribution < -0.4 is 15.7 Å². The molecule has 1 aliphatic rings. The molecule has 0 aromatic heterocycles. The lowest BCUT2D eigenvalue weighted by Gasteiger charge is -2.23. The first-order valence-electron chi connectivity index (χ1n) is 11.0. The number of para-hydroxylation sites is 1. The lowest BCUT2D eigenvalue weighted by Crippen LogP contribution is -2.32.